The van der Waals surface area contributed by atoms with Crippen molar-refractivity contribution in [2.45, 2.75) is 70.8 Å². The van der Waals surface area contributed by atoms with E-state index in [1.165, 1.54) is 29.6 Å². The first kappa shape index (κ1) is 25.4. The zero-order valence-corrected chi connectivity index (χ0v) is 20.7. The number of aromatic amines is 1. The molecule has 9 nitrogen and oxygen atoms in total. The standard InChI is InChI=1S/C23H35N7O2.ClH/c1-23(2,3)21-25-18(17-7-6-8-17)15-19(26-21)29-13-11-28(12-14-29)9-4-5-10-30-22(32)27-20(31)16-24-30;/h15-17H,4-14H2,1-3H3,(H,27,31,32);1H. The van der Waals surface area contributed by atoms with Gasteiger partial charge in [0.2, 0.25) is 0 Å². The van der Waals surface area contributed by atoms with Gasteiger partial charge in [0.25, 0.3) is 5.56 Å². The normalized spacial score (nSPS) is 17.5. The Morgan fingerprint density at radius 1 is 1.03 bits per heavy atom. The number of aromatic nitrogens is 5. The molecule has 3 heterocycles. The van der Waals surface area contributed by atoms with Crippen molar-refractivity contribution >= 4 is 18.2 Å². The van der Waals surface area contributed by atoms with Crippen molar-refractivity contribution in [3.05, 3.63) is 44.6 Å². The monoisotopic (exact) mass is 477 g/mol. The van der Waals surface area contributed by atoms with Gasteiger partial charge in [-0.2, -0.15) is 5.10 Å². The van der Waals surface area contributed by atoms with Gasteiger partial charge in [-0.25, -0.2) is 19.4 Å². The molecule has 33 heavy (non-hydrogen) atoms. The average Bonchev–Trinajstić information content (AvgIpc) is 2.71. The molecule has 1 N–H and O–H groups in total. The summed E-state index contributed by atoms with van der Waals surface area (Å²) in [5.74, 6) is 2.63. The summed E-state index contributed by atoms with van der Waals surface area (Å²) in [6, 6.07) is 2.23. The fraction of sp³-hybridized carbons (Fsp3) is 0.696. The molecule has 4 rings (SSSR count). The number of H-pyrrole nitrogens is 1. The van der Waals surface area contributed by atoms with Gasteiger partial charge in [-0.15, -0.1) is 12.4 Å². The van der Waals surface area contributed by atoms with Gasteiger partial charge in [0.15, 0.2) is 0 Å². The molecule has 2 aromatic rings. The van der Waals surface area contributed by atoms with Crippen molar-refractivity contribution in [3.63, 3.8) is 0 Å². The Balaban J connectivity index is 0.00000306. The Hall–Kier alpha value is -2.26. The van der Waals surface area contributed by atoms with Crippen molar-refractivity contribution < 1.29 is 0 Å². The first-order valence-electron chi connectivity index (χ1n) is 11.8. The molecule has 1 saturated heterocycles. The Morgan fingerprint density at radius 2 is 1.73 bits per heavy atom. The van der Waals surface area contributed by atoms with E-state index in [1.807, 2.05) is 0 Å². The van der Waals surface area contributed by atoms with Crippen LogP contribution in [0.4, 0.5) is 5.82 Å². The number of hydrogen-bond donors (Lipinski definition) is 1. The second-order valence-corrected chi connectivity index (χ2v) is 10.1. The Bertz CT molecular complexity index is 1030. The molecule has 0 radical (unpaired) electrons. The maximum Gasteiger partial charge on any atom is 0.344 e. The van der Waals surface area contributed by atoms with Crippen LogP contribution in [0, 0.1) is 0 Å². The number of nitrogens with zero attached hydrogens (tertiary/aromatic N) is 6. The van der Waals surface area contributed by atoms with E-state index in [9.17, 15) is 9.59 Å². The smallest absolute Gasteiger partial charge is 0.344 e. The van der Waals surface area contributed by atoms with Gasteiger partial charge in [0.1, 0.15) is 17.8 Å². The lowest BCUT2D eigenvalue weighted by atomic mass is 9.82. The first-order valence-corrected chi connectivity index (χ1v) is 11.8. The number of hydrogen-bond acceptors (Lipinski definition) is 7. The molecule has 10 heteroatoms. The molecule has 0 aromatic carbocycles. The van der Waals surface area contributed by atoms with E-state index in [-0.39, 0.29) is 17.8 Å². The van der Waals surface area contributed by atoms with Crippen LogP contribution in [0.2, 0.25) is 0 Å². The van der Waals surface area contributed by atoms with Crippen LogP contribution in [-0.4, -0.2) is 62.4 Å². The van der Waals surface area contributed by atoms with Gasteiger partial charge in [0.05, 0.1) is 0 Å². The molecule has 0 spiro atoms. The number of anilines is 1. The van der Waals surface area contributed by atoms with Crippen molar-refractivity contribution in [2.75, 3.05) is 37.6 Å². The van der Waals surface area contributed by atoms with Gasteiger partial charge in [-0.1, -0.05) is 27.2 Å². The Kier molecular flexibility index (Phi) is 8.28. The van der Waals surface area contributed by atoms with E-state index in [1.54, 1.807) is 0 Å². The van der Waals surface area contributed by atoms with Crippen molar-refractivity contribution in [3.8, 4) is 0 Å². The highest BCUT2D eigenvalue weighted by Gasteiger charge is 2.27. The zero-order chi connectivity index (χ0) is 22.7. The number of unbranched alkanes of at least 4 members (excludes halogenated alkanes) is 1. The lowest BCUT2D eigenvalue weighted by Gasteiger charge is -2.36. The fourth-order valence-electron chi connectivity index (χ4n) is 4.20. The minimum Gasteiger partial charge on any atom is -0.354 e. The van der Waals surface area contributed by atoms with Crippen molar-refractivity contribution in [1.82, 2.24) is 29.6 Å². The second-order valence-electron chi connectivity index (χ2n) is 10.1. The lowest BCUT2D eigenvalue weighted by molar-refractivity contribution is 0.249. The third kappa shape index (κ3) is 6.41. The third-order valence-electron chi connectivity index (χ3n) is 6.50. The van der Waals surface area contributed by atoms with Crippen molar-refractivity contribution in [2.24, 2.45) is 0 Å². The van der Waals surface area contributed by atoms with Gasteiger partial charge >= 0.3 is 5.69 Å². The number of piperazine rings is 1. The first-order chi connectivity index (χ1) is 15.3. The van der Waals surface area contributed by atoms with E-state index in [4.69, 9.17) is 9.97 Å². The third-order valence-corrected chi connectivity index (χ3v) is 6.50. The van der Waals surface area contributed by atoms with E-state index >= 15 is 0 Å². The minimum absolute atomic E-state index is 0. The van der Waals surface area contributed by atoms with Crippen molar-refractivity contribution in [1.29, 1.82) is 0 Å². The summed E-state index contributed by atoms with van der Waals surface area (Å²) in [4.78, 5) is 39.8. The van der Waals surface area contributed by atoms with Crippen LogP contribution in [0.5, 0.6) is 0 Å². The molecule has 0 atom stereocenters. The molecule has 0 bridgehead atoms. The molecule has 0 amide bonds. The molecule has 1 aliphatic carbocycles. The number of aryl methyl sites for hydroxylation is 1. The maximum absolute atomic E-state index is 11.7. The van der Waals surface area contributed by atoms with Crippen LogP contribution in [-0.2, 0) is 12.0 Å². The molecule has 182 valence electrons. The highest BCUT2D eigenvalue weighted by molar-refractivity contribution is 5.85. The minimum atomic E-state index is -0.456. The molecule has 1 aliphatic heterocycles. The predicted octanol–water partition coefficient (Wildman–Crippen LogP) is 2.31. The molecule has 1 saturated carbocycles. The highest BCUT2D eigenvalue weighted by Crippen LogP contribution is 2.37. The molecule has 2 aromatic heterocycles. The largest absolute Gasteiger partial charge is 0.354 e. The summed E-state index contributed by atoms with van der Waals surface area (Å²) in [6.45, 7) is 12.0. The summed E-state index contributed by atoms with van der Waals surface area (Å²) in [7, 11) is 0. The van der Waals surface area contributed by atoms with E-state index in [2.05, 4.69) is 46.7 Å². The highest BCUT2D eigenvalue weighted by atomic mass is 35.5. The summed E-state index contributed by atoms with van der Waals surface area (Å²) in [6.07, 6.45) is 6.78. The Morgan fingerprint density at radius 3 is 2.33 bits per heavy atom. The van der Waals surface area contributed by atoms with Crippen LogP contribution in [0.25, 0.3) is 0 Å². The topological polar surface area (TPSA) is 100 Å². The summed E-state index contributed by atoms with van der Waals surface area (Å²) in [5.41, 5.74) is 0.271. The molecule has 2 fully saturated rings. The van der Waals surface area contributed by atoms with Crippen LogP contribution < -0.4 is 16.1 Å². The van der Waals surface area contributed by atoms with Crippen LogP contribution in [0.15, 0.2) is 21.9 Å². The lowest BCUT2D eigenvalue weighted by Crippen LogP contribution is -2.47. The quantitative estimate of drug-likeness (QED) is 0.610. The second kappa shape index (κ2) is 10.8. The fourth-order valence-corrected chi connectivity index (χ4v) is 4.20. The van der Waals surface area contributed by atoms with E-state index in [0.29, 0.717) is 12.5 Å². The zero-order valence-electron chi connectivity index (χ0n) is 19.9. The van der Waals surface area contributed by atoms with Gasteiger partial charge in [-0.05, 0) is 32.2 Å². The average molecular weight is 478 g/mol. The SMILES string of the molecule is CC(C)(C)c1nc(C2CCC2)cc(N2CCN(CCCCn3ncc(=O)[nH]c3=O)CC2)n1.Cl. The molecular formula is C23H36ClN7O2. The molecular weight excluding hydrogens is 442 g/mol. The van der Waals surface area contributed by atoms with Gasteiger partial charge in [0, 0.05) is 55.8 Å². The van der Waals surface area contributed by atoms with Gasteiger partial charge < -0.3 is 4.90 Å². The molecule has 0 unspecified atom stereocenters. The van der Waals surface area contributed by atoms with E-state index < -0.39 is 11.2 Å². The Labute approximate surface area is 201 Å². The van der Waals surface area contributed by atoms with Crippen LogP contribution >= 0.6 is 12.4 Å². The number of halogens is 1. The van der Waals surface area contributed by atoms with E-state index in [0.717, 1.165) is 63.4 Å². The van der Waals surface area contributed by atoms with Crippen LogP contribution in [0.1, 0.15) is 70.3 Å². The maximum atomic E-state index is 11.7. The summed E-state index contributed by atoms with van der Waals surface area (Å²) in [5, 5.41) is 3.89. The number of nitrogens with one attached hydrogen (secondary N) is 1. The summed E-state index contributed by atoms with van der Waals surface area (Å²) >= 11 is 0. The number of rotatable bonds is 7. The van der Waals surface area contributed by atoms with Crippen LogP contribution in [0.3, 0.4) is 0 Å². The molecule has 2 aliphatic rings. The van der Waals surface area contributed by atoms with Gasteiger partial charge in [-0.3, -0.25) is 14.7 Å². The summed E-state index contributed by atoms with van der Waals surface area (Å²) < 4.78 is 1.32. The predicted molar refractivity (Wildman–Crippen MR) is 132 cm³/mol.